The summed E-state index contributed by atoms with van der Waals surface area (Å²) in [5.41, 5.74) is 3.61. The molecule has 0 aromatic carbocycles. The van der Waals surface area contributed by atoms with Crippen LogP contribution in [0.2, 0.25) is 5.02 Å². The lowest BCUT2D eigenvalue weighted by atomic mass is 10.0. The summed E-state index contributed by atoms with van der Waals surface area (Å²) in [6.07, 6.45) is 9.45. The number of pyridine rings is 1. The Morgan fingerprint density at radius 2 is 2.10 bits per heavy atom. The van der Waals surface area contributed by atoms with E-state index in [0.29, 0.717) is 23.7 Å². The van der Waals surface area contributed by atoms with E-state index in [9.17, 15) is 0 Å². The zero-order valence-electron chi connectivity index (χ0n) is 16.5. The molecule has 3 aromatic rings. The predicted octanol–water partition coefficient (Wildman–Crippen LogP) is 3.64. The Kier molecular flexibility index (Phi) is 4.47. The highest BCUT2D eigenvalue weighted by molar-refractivity contribution is 6.36. The number of hydrogen-bond donors (Lipinski definition) is 2. The first-order valence-corrected chi connectivity index (χ1v) is 11.0. The molecule has 30 heavy (non-hydrogen) atoms. The van der Waals surface area contributed by atoms with E-state index in [1.165, 1.54) is 0 Å². The van der Waals surface area contributed by atoms with E-state index in [-0.39, 0.29) is 6.04 Å². The van der Waals surface area contributed by atoms with E-state index in [1.54, 1.807) is 17.1 Å². The van der Waals surface area contributed by atoms with Crippen molar-refractivity contribution in [3.05, 3.63) is 29.8 Å². The molecule has 3 fully saturated rings. The topological polar surface area (TPSA) is 71.0 Å². The highest BCUT2D eigenvalue weighted by Crippen LogP contribution is 2.40. The molecule has 5 heterocycles. The minimum Gasteiger partial charge on any atom is -0.381 e. The van der Waals surface area contributed by atoms with Crippen LogP contribution in [0.1, 0.15) is 25.3 Å². The number of alkyl halides is 1. The van der Waals surface area contributed by atoms with E-state index in [2.05, 4.69) is 25.3 Å². The van der Waals surface area contributed by atoms with Gasteiger partial charge in [0, 0.05) is 48.8 Å². The van der Waals surface area contributed by atoms with Gasteiger partial charge in [-0.2, -0.15) is 5.10 Å². The highest BCUT2D eigenvalue weighted by Gasteiger charge is 2.36. The van der Waals surface area contributed by atoms with Gasteiger partial charge in [-0.25, -0.2) is 9.37 Å². The van der Waals surface area contributed by atoms with E-state index >= 15 is 4.39 Å². The first kappa shape index (κ1) is 18.6. The zero-order valence-corrected chi connectivity index (χ0v) is 17.3. The first-order chi connectivity index (χ1) is 14.7. The summed E-state index contributed by atoms with van der Waals surface area (Å²) in [5.74, 6) is 0. The fourth-order valence-corrected chi connectivity index (χ4v) is 4.73. The van der Waals surface area contributed by atoms with Crippen LogP contribution in [0.5, 0.6) is 0 Å². The minimum absolute atomic E-state index is 0.247. The van der Waals surface area contributed by atoms with Crippen LogP contribution in [0.3, 0.4) is 0 Å². The summed E-state index contributed by atoms with van der Waals surface area (Å²) in [6.45, 7) is 2.75. The molecule has 6 rings (SSSR count). The second kappa shape index (κ2) is 7.21. The zero-order chi connectivity index (χ0) is 20.2. The van der Waals surface area contributed by atoms with Gasteiger partial charge in [-0.15, -0.1) is 0 Å². The smallest absolute Gasteiger partial charge is 0.140 e. The van der Waals surface area contributed by atoms with Gasteiger partial charge in [0.1, 0.15) is 11.8 Å². The molecule has 3 aliphatic rings. The van der Waals surface area contributed by atoms with Crippen molar-refractivity contribution in [1.82, 2.24) is 24.6 Å². The Morgan fingerprint density at radius 3 is 2.83 bits per heavy atom. The van der Waals surface area contributed by atoms with Gasteiger partial charge in [0.2, 0.25) is 0 Å². The van der Waals surface area contributed by atoms with Crippen LogP contribution in [0, 0.1) is 0 Å². The van der Waals surface area contributed by atoms with Crippen molar-refractivity contribution < 1.29 is 9.13 Å². The van der Waals surface area contributed by atoms with Gasteiger partial charge >= 0.3 is 0 Å². The van der Waals surface area contributed by atoms with Gasteiger partial charge in [0.05, 0.1) is 47.6 Å². The molecule has 3 aromatic heterocycles. The number of nitrogens with zero attached hydrogens (tertiary/aromatic N) is 4. The molecule has 2 aliphatic heterocycles. The van der Waals surface area contributed by atoms with Crippen molar-refractivity contribution in [3.8, 4) is 11.1 Å². The second-order valence-electron chi connectivity index (χ2n) is 8.59. The molecular weight excluding hydrogens is 407 g/mol. The number of aromatic nitrogens is 4. The predicted molar refractivity (Wildman–Crippen MR) is 114 cm³/mol. The molecule has 2 atom stereocenters. The van der Waals surface area contributed by atoms with Gasteiger partial charge in [-0.3, -0.25) is 9.58 Å². The van der Waals surface area contributed by atoms with Crippen LogP contribution in [0.25, 0.3) is 22.2 Å². The van der Waals surface area contributed by atoms with Crippen LogP contribution in [-0.4, -0.2) is 69.2 Å². The summed E-state index contributed by atoms with van der Waals surface area (Å²) in [7, 11) is 0. The maximum Gasteiger partial charge on any atom is 0.140 e. The van der Waals surface area contributed by atoms with Crippen LogP contribution in [-0.2, 0) is 4.74 Å². The van der Waals surface area contributed by atoms with Crippen molar-refractivity contribution in [2.45, 2.75) is 43.6 Å². The number of H-pyrrole nitrogens is 1. The van der Waals surface area contributed by atoms with Gasteiger partial charge in [-0.05, 0) is 19.3 Å². The highest BCUT2D eigenvalue weighted by atomic mass is 35.5. The molecule has 158 valence electrons. The molecule has 9 heteroatoms. The third kappa shape index (κ3) is 3.18. The first-order valence-electron chi connectivity index (χ1n) is 10.6. The Bertz CT molecular complexity index is 1070. The number of hydrogen-bond acceptors (Lipinski definition) is 5. The van der Waals surface area contributed by atoms with Crippen LogP contribution in [0.15, 0.2) is 24.8 Å². The molecule has 1 unspecified atom stereocenters. The van der Waals surface area contributed by atoms with E-state index in [4.69, 9.17) is 16.3 Å². The molecule has 7 nitrogen and oxygen atoms in total. The largest absolute Gasteiger partial charge is 0.381 e. The number of halogens is 2. The van der Waals surface area contributed by atoms with Crippen molar-refractivity contribution in [1.29, 1.82) is 0 Å². The lowest BCUT2D eigenvalue weighted by Crippen LogP contribution is -2.55. The molecule has 2 N–H and O–H groups in total. The molecule has 0 amide bonds. The normalized spacial score (nSPS) is 25.5. The summed E-state index contributed by atoms with van der Waals surface area (Å²) < 4.78 is 22.1. The number of piperidine rings is 1. The molecule has 0 bridgehead atoms. The van der Waals surface area contributed by atoms with E-state index in [1.807, 2.05) is 12.4 Å². The quantitative estimate of drug-likeness (QED) is 0.646. The van der Waals surface area contributed by atoms with Gasteiger partial charge < -0.3 is 15.0 Å². The second-order valence-corrected chi connectivity index (χ2v) is 9.00. The standard InChI is InChI=1S/C21H24ClFN6O/c22-16-7-25-21-19(16)20(27-13-1-2-13)15(6-24-21)12-5-26-29(8-12)18-3-4-28(9-17(18)23)14-10-30-11-14/h5-8,13-14,17-18H,1-4,9-11H2,(H2,24,25,27)/t17-,18?/m0/s1. The number of nitrogens with one attached hydrogen (secondary N) is 2. The Hall–Kier alpha value is -2.16. The fraction of sp³-hybridized carbons (Fsp3) is 0.524. The number of fused-ring (bicyclic) bond motifs is 1. The molecule has 2 saturated heterocycles. The SMILES string of the molecule is F[C@H]1CN(C2COC2)CCC1n1cc(-c2cnc3[nH]cc(Cl)c3c2NC2CC2)cn1. The number of aromatic amines is 1. The lowest BCUT2D eigenvalue weighted by Gasteiger charge is -2.42. The van der Waals surface area contributed by atoms with Crippen molar-refractivity contribution >= 4 is 28.3 Å². The fourth-order valence-electron chi connectivity index (χ4n) is 4.50. The molecule has 1 aliphatic carbocycles. The molecule has 1 saturated carbocycles. The van der Waals surface area contributed by atoms with Crippen molar-refractivity contribution in [3.63, 3.8) is 0 Å². The van der Waals surface area contributed by atoms with Gasteiger partial charge in [-0.1, -0.05) is 11.6 Å². The summed E-state index contributed by atoms with van der Waals surface area (Å²) in [6, 6.07) is 0.589. The van der Waals surface area contributed by atoms with Gasteiger partial charge in [0.25, 0.3) is 0 Å². The molecule has 0 radical (unpaired) electrons. The van der Waals surface area contributed by atoms with Crippen LogP contribution < -0.4 is 5.32 Å². The van der Waals surface area contributed by atoms with Crippen LogP contribution >= 0.6 is 11.6 Å². The average Bonchev–Trinajstić information content (AvgIpc) is 3.23. The third-order valence-electron chi connectivity index (χ3n) is 6.51. The lowest BCUT2D eigenvalue weighted by molar-refractivity contribution is -0.0847. The average molecular weight is 431 g/mol. The minimum atomic E-state index is -0.948. The maximum absolute atomic E-state index is 15.0. The number of anilines is 1. The monoisotopic (exact) mass is 430 g/mol. The summed E-state index contributed by atoms with van der Waals surface area (Å²) >= 11 is 6.45. The van der Waals surface area contributed by atoms with Gasteiger partial charge in [0.15, 0.2) is 0 Å². The molecular formula is C21H24ClFN6O. The Balaban J connectivity index is 1.30. The van der Waals surface area contributed by atoms with Crippen LogP contribution in [0.4, 0.5) is 10.1 Å². The maximum atomic E-state index is 15.0. The van der Waals surface area contributed by atoms with Crippen molar-refractivity contribution in [2.75, 3.05) is 31.6 Å². The number of likely N-dealkylation sites (tertiary alicyclic amines) is 1. The van der Waals surface area contributed by atoms with Crippen molar-refractivity contribution in [2.24, 2.45) is 0 Å². The summed E-state index contributed by atoms with van der Waals surface area (Å²) in [4.78, 5) is 9.86. The van der Waals surface area contributed by atoms with E-state index in [0.717, 1.165) is 66.9 Å². The Morgan fingerprint density at radius 1 is 1.23 bits per heavy atom. The number of rotatable bonds is 5. The third-order valence-corrected chi connectivity index (χ3v) is 6.80. The Labute approximate surface area is 178 Å². The van der Waals surface area contributed by atoms with E-state index < -0.39 is 6.17 Å². The summed E-state index contributed by atoms with van der Waals surface area (Å²) in [5, 5.41) is 9.68. The number of ether oxygens (including phenoxy) is 1. The molecule has 0 spiro atoms.